The molecule has 5 rings (SSSR count). The molecule has 4 N–H and O–H groups in total. The summed E-state index contributed by atoms with van der Waals surface area (Å²) in [7, 11) is 1.83. The van der Waals surface area contributed by atoms with E-state index in [1.165, 1.54) is 0 Å². The molecule has 0 aromatic heterocycles. The van der Waals surface area contributed by atoms with Gasteiger partial charge in [0, 0.05) is 70.7 Å². The molecule has 5 unspecified atom stereocenters. The first-order chi connectivity index (χ1) is 16.8. The molecule has 3 fully saturated rings. The molecule has 0 amide bonds. The Balaban J connectivity index is 1.15. The SMILES string of the molecule is COC1CCNC(N2CCN(C3CC(C(N)C4CC(OC5(C)CC5)=C(F)C[C@H]4C)=NCN3)CC2)C1. The van der Waals surface area contributed by atoms with Crippen LogP contribution >= 0.6 is 0 Å². The molecule has 0 aromatic rings. The quantitative estimate of drug-likeness (QED) is 0.502. The first-order valence-corrected chi connectivity index (χ1v) is 13.7. The number of hydrogen-bond acceptors (Lipinski definition) is 8. The number of methoxy groups -OCH3 is 1. The van der Waals surface area contributed by atoms with Crippen molar-refractivity contribution in [3.05, 3.63) is 11.6 Å². The van der Waals surface area contributed by atoms with Gasteiger partial charge in [0.25, 0.3) is 0 Å². The van der Waals surface area contributed by atoms with Gasteiger partial charge in [-0.1, -0.05) is 6.92 Å². The minimum absolute atomic E-state index is 0.0821. The molecule has 3 aliphatic heterocycles. The number of halogens is 1. The third kappa shape index (κ3) is 5.91. The fourth-order valence-electron chi connectivity index (χ4n) is 6.28. The lowest BCUT2D eigenvalue weighted by Gasteiger charge is -2.45. The van der Waals surface area contributed by atoms with Crippen molar-refractivity contribution >= 4 is 5.71 Å². The maximum absolute atomic E-state index is 14.7. The molecule has 6 atom stereocenters. The van der Waals surface area contributed by atoms with Gasteiger partial charge in [-0.15, -0.1) is 0 Å². The van der Waals surface area contributed by atoms with Crippen molar-refractivity contribution in [2.75, 3.05) is 46.5 Å². The summed E-state index contributed by atoms with van der Waals surface area (Å²) in [6.45, 7) is 9.96. The first-order valence-electron chi connectivity index (χ1n) is 13.7. The van der Waals surface area contributed by atoms with Crippen LogP contribution < -0.4 is 16.4 Å². The largest absolute Gasteiger partial charge is 0.489 e. The van der Waals surface area contributed by atoms with E-state index in [0.717, 1.165) is 70.5 Å². The van der Waals surface area contributed by atoms with E-state index in [1.807, 2.05) is 7.11 Å². The summed E-state index contributed by atoms with van der Waals surface area (Å²) in [4.78, 5) is 9.90. The van der Waals surface area contributed by atoms with Crippen LogP contribution in [0.5, 0.6) is 0 Å². The molecule has 0 radical (unpaired) electrons. The zero-order valence-corrected chi connectivity index (χ0v) is 21.8. The van der Waals surface area contributed by atoms with Crippen LogP contribution in [0.15, 0.2) is 16.6 Å². The van der Waals surface area contributed by atoms with Gasteiger partial charge in [0.15, 0.2) is 0 Å². The van der Waals surface area contributed by atoms with E-state index in [-0.39, 0.29) is 35.5 Å². The van der Waals surface area contributed by atoms with E-state index in [4.69, 9.17) is 20.2 Å². The lowest BCUT2D eigenvalue weighted by atomic mass is 9.76. The van der Waals surface area contributed by atoms with Crippen LogP contribution in [0.4, 0.5) is 4.39 Å². The Morgan fingerprint density at radius 3 is 2.49 bits per heavy atom. The molecule has 35 heavy (non-hydrogen) atoms. The fourth-order valence-corrected chi connectivity index (χ4v) is 6.28. The molecule has 5 aliphatic rings. The van der Waals surface area contributed by atoms with Crippen molar-refractivity contribution in [1.82, 2.24) is 20.4 Å². The maximum atomic E-state index is 14.7. The Bertz CT molecular complexity index is 810. The minimum atomic E-state index is -0.168. The van der Waals surface area contributed by atoms with Crippen LogP contribution in [0.1, 0.15) is 58.8 Å². The highest BCUT2D eigenvalue weighted by molar-refractivity contribution is 5.90. The molecule has 198 valence electrons. The molecular weight excluding hydrogens is 447 g/mol. The fraction of sp³-hybridized carbons (Fsp3) is 0.885. The van der Waals surface area contributed by atoms with Gasteiger partial charge >= 0.3 is 0 Å². The second-order valence-corrected chi connectivity index (χ2v) is 11.6. The van der Waals surface area contributed by atoms with Gasteiger partial charge in [-0.25, -0.2) is 4.39 Å². The molecule has 8 nitrogen and oxygen atoms in total. The average Bonchev–Trinajstić information content (AvgIpc) is 3.62. The van der Waals surface area contributed by atoms with E-state index >= 15 is 0 Å². The monoisotopic (exact) mass is 492 g/mol. The number of nitrogens with two attached hydrogens (primary N) is 1. The van der Waals surface area contributed by atoms with Crippen molar-refractivity contribution < 1.29 is 13.9 Å². The predicted octanol–water partition coefficient (Wildman–Crippen LogP) is 2.17. The molecule has 3 heterocycles. The number of piperidine rings is 1. The summed E-state index contributed by atoms with van der Waals surface area (Å²) in [6, 6.07) is -0.160. The predicted molar refractivity (Wildman–Crippen MR) is 136 cm³/mol. The number of piperazine rings is 1. The van der Waals surface area contributed by atoms with Crippen LogP contribution in [0.2, 0.25) is 0 Å². The molecule has 0 spiro atoms. The lowest BCUT2D eigenvalue weighted by Crippen LogP contribution is -2.62. The number of nitrogens with one attached hydrogen (secondary N) is 2. The number of rotatable bonds is 7. The summed E-state index contributed by atoms with van der Waals surface area (Å²) < 4.78 is 26.4. The van der Waals surface area contributed by atoms with E-state index in [9.17, 15) is 4.39 Å². The van der Waals surface area contributed by atoms with Gasteiger partial charge < -0.3 is 20.5 Å². The second-order valence-electron chi connectivity index (χ2n) is 11.6. The summed E-state index contributed by atoms with van der Waals surface area (Å²) >= 11 is 0. The van der Waals surface area contributed by atoms with Crippen LogP contribution in [-0.4, -0.2) is 92.1 Å². The van der Waals surface area contributed by atoms with Crippen LogP contribution in [0.3, 0.4) is 0 Å². The molecular formula is C26H45FN6O2. The Morgan fingerprint density at radius 1 is 1.09 bits per heavy atom. The van der Waals surface area contributed by atoms with Crippen molar-refractivity contribution in [3.8, 4) is 0 Å². The highest BCUT2D eigenvalue weighted by atomic mass is 19.1. The standard InChI is InChI=1S/C26H45FN6O2/c1-17-12-20(27)22(35-26(2)5-6-26)14-19(17)25(28)21-15-24(31-16-30-21)33-10-8-32(9-11-33)23-13-18(34-3)4-7-29-23/h17-19,23-25,29,31H,4-16,28H2,1-3H3/t17-,18?,19?,23?,24?,25?/m1/s1. The Labute approximate surface area is 209 Å². The maximum Gasteiger partial charge on any atom is 0.138 e. The molecule has 2 aliphatic carbocycles. The molecule has 1 saturated carbocycles. The third-order valence-corrected chi connectivity index (χ3v) is 9.03. The lowest BCUT2D eigenvalue weighted by molar-refractivity contribution is -0.00428. The van der Waals surface area contributed by atoms with Crippen molar-refractivity contribution in [1.29, 1.82) is 0 Å². The topological polar surface area (TPSA) is 87.4 Å². The summed E-state index contributed by atoms with van der Waals surface area (Å²) in [6.07, 6.45) is 7.03. The van der Waals surface area contributed by atoms with Gasteiger partial charge in [0.1, 0.15) is 17.2 Å². The van der Waals surface area contributed by atoms with Crippen LogP contribution in [0.25, 0.3) is 0 Å². The number of nitrogens with zero attached hydrogens (tertiary/aromatic N) is 3. The molecule has 0 aromatic carbocycles. The van der Waals surface area contributed by atoms with Crippen molar-refractivity contribution in [2.24, 2.45) is 22.6 Å². The summed E-state index contributed by atoms with van der Waals surface area (Å²) in [5.41, 5.74) is 7.74. The Kier molecular flexibility index (Phi) is 7.82. The van der Waals surface area contributed by atoms with Gasteiger partial charge in [0.05, 0.1) is 25.1 Å². The third-order valence-electron chi connectivity index (χ3n) is 9.03. The van der Waals surface area contributed by atoms with Crippen molar-refractivity contribution in [3.63, 3.8) is 0 Å². The Hall–Kier alpha value is -1.10. The highest BCUT2D eigenvalue weighted by Gasteiger charge is 2.44. The van der Waals surface area contributed by atoms with Crippen LogP contribution in [-0.2, 0) is 9.47 Å². The highest BCUT2D eigenvalue weighted by Crippen LogP contribution is 2.45. The van der Waals surface area contributed by atoms with Gasteiger partial charge in [-0.05, 0) is 44.6 Å². The van der Waals surface area contributed by atoms with Crippen LogP contribution in [0, 0.1) is 11.8 Å². The molecule has 9 heteroatoms. The van der Waals surface area contributed by atoms with E-state index in [1.54, 1.807) is 0 Å². The number of ether oxygens (including phenoxy) is 2. The summed E-state index contributed by atoms with van der Waals surface area (Å²) in [5.74, 6) is 0.800. The Morgan fingerprint density at radius 2 is 1.80 bits per heavy atom. The van der Waals surface area contributed by atoms with Gasteiger partial charge in [-0.2, -0.15) is 0 Å². The normalized spacial score (nSPS) is 37.6. The number of hydrogen-bond donors (Lipinski definition) is 3. The number of aliphatic imine (C=N–C) groups is 1. The average molecular weight is 493 g/mol. The summed E-state index contributed by atoms with van der Waals surface area (Å²) in [5, 5.41) is 7.26. The first kappa shape index (κ1) is 25.5. The zero-order chi connectivity index (χ0) is 24.6. The van der Waals surface area contributed by atoms with E-state index < -0.39 is 0 Å². The second kappa shape index (κ2) is 10.7. The molecule has 2 saturated heterocycles. The van der Waals surface area contributed by atoms with Gasteiger partial charge in [-0.3, -0.25) is 20.1 Å². The molecule has 0 bridgehead atoms. The van der Waals surface area contributed by atoms with E-state index in [0.29, 0.717) is 37.5 Å². The number of allylic oxidation sites excluding steroid dienone is 2. The van der Waals surface area contributed by atoms with Crippen molar-refractivity contribution in [2.45, 2.75) is 88.9 Å². The zero-order valence-electron chi connectivity index (χ0n) is 21.8. The van der Waals surface area contributed by atoms with Gasteiger partial charge in [0.2, 0.25) is 0 Å². The van der Waals surface area contributed by atoms with E-state index in [2.05, 4.69) is 34.3 Å². The smallest absolute Gasteiger partial charge is 0.138 e. The minimum Gasteiger partial charge on any atom is -0.489 e.